The molecule has 0 saturated heterocycles. The van der Waals surface area contributed by atoms with E-state index in [2.05, 4.69) is 0 Å². The van der Waals surface area contributed by atoms with Crippen LogP contribution in [0.15, 0.2) is 18.2 Å². The van der Waals surface area contributed by atoms with Gasteiger partial charge in [0.05, 0.1) is 6.61 Å². The maximum atomic E-state index is 9.22. The Kier molecular flexibility index (Phi) is 6.04. The van der Waals surface area contributed by atoms with Gasteiger partial charge in [0.25, 0.3) is 0 Å². The molecular formula is C12H19BO4. The van der Waals surface area contributed by atoms with Crippen molar-refractivity contribution in [2.24, 2.45) is 0 Å². The fourth-order valence-electron chi connectivity index (χ4n) is 1.49. The Hall–Kier alpha value is -1.04. The van der Waals surface area contributed by atoms with E-state index in [-0.39, 0.29) is 0 Å². The first-order valence-electron chi connectivity index (χ1n) is 5.82. The summed E-state index contributed by atoms with van der Waals surface area (Å²) in [6.07, 6.45) is 0.780. The van der Waals surface area contributed by atoms with Gasteiger partial charge in [-0.2, -0.15) is 0 Å². The Labute approximate surface area is 102 Å². The summed E-state index contributed by atoms with van der Waals surface area (Å²) in [5, 5.41) is 18.4. The zero-order valence-corrected chi connectivity index (χ0v) is 10.3. The van der Waals surface area contributed by atoms with E-state index in [1.54, 1.807) is 12.1 Å². The van der Waals surface area contributed by atoms with E-state index in [1.807, 2.05) is 19.9 Å². The van der Waals surface area contributed by atoms with Crippen molar-refractivity contribution in [3.05, 3.63) is 23.8 Å². The van der Waals surface area contributed by atoms with E-state index >= 15 is 0 Å². The highest BCUT2D eigenvalue weighted by atomic mass is 16.5. The van der Waals surface area contributed by atoms with Gasteiger partial charge in [0.2, 0.25) is 0 Å². The molecule has 0 amide bonds. The third-order valence-electron chi connectivity index (χ3n) is 2.34. The molecule has 0 unspecified atom stereocenters. The Morgan fingerprint density at radius 1 is 1.24 bits per heavy atom. The molecule has 0 spiro atoms. The summed E-state index contributed by atoms with van der Waals surface area (Å²) < 4.78 is 10.7. The minimum Gasteiger partial charge on any atom is -0.494 e. The Bertz CT molecular complexity index is 341. The van der Waals surface area contributed by atoms with Gasteiger partial charge in [-0.1, -0.05) is 17.7 Å². The number of ether oxygens (including phenoxy) is 2. The summed E-state index contributed by atoms with van der Waals surface area (Å²) in [5.41, 5.74) is 1.37. The van der Waals surface area contributed by atoms with Crippen molar-refractivity contribution in [3.63, 3.8) is 0 Å². The quantitative estimate of drug-likeness (QED) is 0.535. The van der Waals surface area contributed by atoms with Gasteiger partial charge < -0.3 is 19.5 Å². The van der Waals surface area contributed by atoms with Crippen LogP contribution in [0.1, 0.15) is 18.9 Å². The zero-order chi connectivity index (χ0) is 12.7. The van der Waals surface area contributed by atoms with Crippen molar-refractivity contribution in [2.75, 3.05) is 19.8 Å². The van der Waals surface area contributed by atoms with Crippen molar-refractivity contribution in [2.45, 2.75) is 20.3 Å². The minimum atomic E-state index is -1.50. The van der Waals surface area contributed by atoms with Crippen LogP contribution in [0.25, 0.3) is 0 Å². The van der Waals surface area contributed by atoms with Gasteiger partial charge >= 0.3 is 7.12 Å². The number of hydrogen-bond donors (Lipinski definition) is 2. The third-order valence-corrected chi connectivity index (χ3v) is 2.34. The highest BCUT2D eigenvalue weighted by Gasteiger charge is 2.17. The summed E-state index contributed by atoms with van der Waals surface area (Å²) in [6, 6.07) is 5.34. The number of rotatable bonds is 7. The maximum absolute atomic E-state index is 9.22. The molecule has 94 valence electrons. The van der Waals surface area contributed by atoms with Crippen molar-refractivity contribution < 1.29 is 19.5 Å². The topological polar surface area (TPSA) is 58.9 Å². The molecule has 0 fully saturated rings. The zero-order valence-electron chi connectivity index (χ0n) is 10.3. The molecule has 0 aliphatic rings. The van der Waals surface area contributed by atoms with Crippen molar-refractivity contribution in [3.8, 4) is 5.75 Å². The second kappa shape index (κ2) is 7.32. The highest BCUT2D eigenvalue weighted by Crippen LogP contribution is 2.10. The maximum Gasteiger partial charge on any atom is 0.492 e. The fourth-order valence-corrected chi connectivity index (χ4v) is 1.49. The van der Waals surface area contributed by atoms with Gasteiger partial charge in [-0.15, -0.1) is 0 Å². The van der Waals surface area contributed by atoms with Crippen molar-refractivity contribution in [1.29, 1.82) is 0 Å². The molecule has 2 N–H and O–H groups in total. The van der Waals surface area contributed by atoms with Crippen LogP contribution in [0.5, 0.6) is 5.75 Å². The molecule has 17 heavy (non-hydrogen) atoms. The van der Waals surface area contributed by atoms with E-state index in [1.165, 1.54) is 0 Å². The van der Waals surface area contributed by atoms with Gasteiger partial charge in [0, 0.05) is 25.1 Å². The molecule has 4 nitrogen and oxygen atoms in total. The Morgan fingerprint density at radius 3 is 2.65 bits per heavy atom. The SMILES string of the molecule is CCOCCCOc1ccc(C)cc1B(O)O. The Balaban J connectivity index is 2.52. The average molecular weight is 238 g/mol. The van der Waals surface area contributed by atoms with Crippen molar-refractivity contribution >= 4 is 12.6 Å². The van der Waals surface area contributed by atoms with Gasteiger partial charge in [-0.05, 0) is 19.9 Å². The lowest BCUT2D eigenvalue weighted by Gasteiger charge is -2.11. The van der Waals surface area contributed by atoms with Gasteiger partial charge in [-0.25, -0.2) is 0 Å². The van der Waals surface area contributed by atoms with Gasteiger partial charge in [0.1, 0.15) is 5.75 Å². The molecule has 0 heterocycles. The molecule has 0 saturated carbocycles. The predicted octanol–water partition coefficient (Wildman–Crippen LogP) is 0.480. The van der Waals surface area contributed by atoms with E-state index < -0.39 is 7.12 Å². The third kappa shape index (κ3) is 4.77. The molecule has 0 aliphatic carbocycles. The van der Waals surface area contributed by atoms with E-state index in [4.69, 9.17) is 9.47 Å². The summed E-state index contributed by atoms with van der Waals surface area (Å²) in [7, 11) is -1.50. The normalized spacial score (nSPS) is 10.4. The summed E-state index contributed by atoms with van der Waals surface area (Å²) in [6.45, 7) is 5.69. The van der Waals surface area contributed by atoms with Gasteiger partial charge in [0.15, 0.2) is 0 Å². The van der Waals surface area contributed by atoms with Crippen LogP contribution in [-0.2, 0) is 4.74 Å². The van der Waals surface area contributed by atoms with Crippen LogP contribution in [0, 0.1) is 6.92 Å². The van der Waals surface area contributed by atoms with E-state index in [9.17, 15) is 10.0 Å². The smallest absolute Gasteiger partial charge is 0.492 e. The first-order valence-corrected chi connectivity index (χ1v) is 5.82. The Morgan fingerprint density at radius 2 is 2.00 bits per heavy atom. The number of hydrogen-bond acceptors (Lipinski definition) is 4. The molecule has 0 bridgehead atoms. The first kappa shape index (κ1) is 14.0. The molecule has 1 aromatic carbocycles. The summed E-state index contributed by atoms with van der Waals surface area (Å²) in [4.78, 5) is 0. The first-order chi connectivity index (χ1) is 8.15. The second-order valence-corrected chi connectivity index (χ2v) is 3.81. The number of benzene rings is 1. The second-order valence-electron chi connectivity index (χ2n) is 3.81. The van der Waals surface area contributed by atoms with E-state index in [0.717, 1.165) is 12.0 Å². The summed E-state index contributed by atoms with van der Waals surface area (Å²) in [5.74, 6) is 0.516. The average Bonchev–Trinajstić information content (AvgIpc) is 2.30. The predicted molar refractivity (Wildman–Crippen MR) is 67.6 cm³/mol. The van der Waals surface area contributed by atoms with Crippen LogP contribution in [0.2, 0.25) is 0 Å². The molecule has 0 atom stereocenters. The van der Waals surface area contributed by atoms with E-state index in [0.29, 0.717) is 31.0 Å². The van der Waals surface area contributed by atoms with Crippen LogP contribution in [-0.4, -0.2) is 37.0 Å². The van der Waals surface area contributed by atoms with Crippen LogP contribution < -0.4 is 10.2 Å². The highest BCUT2D eigenvalue weighted by molar-refractivity contribution is 6.59. The van der Waals surface area contributed by atoms with Crippen molar-refractivity contribution in [1.82, 2.24) is 0 Å². The molecule has 0 aromatic heterocycles. The monoisotopic (exact) mass is 238 g/mol. The van der Waals surface area contributed by atoms with Crippen LogP contribution in [0.3, 0.4) is 0 Å². The lowest BCUT2D eigenvalue weighted by Crippen LogP contribution is -2.31. The molecule has 0 radical (unpaired) electrons. The lowest BCUT2D eigenvalue weighted by molar-refractivity contribution is 0.131. The minimum absolute atomic E-state index is 0.404. The molecule has 5 heteroatoms. The van der Waals surface area contributed by atoms with Crippen LogP contribution >= 0.6 is 0 Å². The van der Waals surface area contributed by atoms with Gasteiger partial charge in [-0.3, -0.25) is 0 Å². The standard InChI is InChI=1S/C12H19BO4/c1-3-16-7-4-8-17-12-6-5-10(2)9-11(12)13(14)15/h5-6,9,14-15H,3-4,7-8H2,1-2H3. The fraction of sp³-hybridized carbons (Fsp3) is 0.500. The number of aryl methyl sites for hydroxylation is 1. The molecule has 1 rings (SSSR count). The largest absolute Gasteiger partial charge is 0.494 e. The summed E-state index contributed by atoms with van der Waals surface area (Å²) >= 11 is 0. The molecule has 0 aliphatic heterocycles. The molecular weight excluding hydrogens is 219 g/mol. The molecule has 1 aromatic rings. The van der Waals surface area contributed by atoms with Crippen LogP contribution in [0.4, 0.5) is 0 Å². The lowest BCUT2D eigenvalue weighted by atomic mass is 9.79.